The molecule has 1 aromatic carbocycles. The zero-order valence-electron chi connectivity index (χ0n) is 7.98. The maximum absolute atomic E-state index is 13.5. The molecule has 0 aliphatic heterocycles. The van der Waals surface area contributed by atoms with Gasteiger partial charge in [0, 0.05) is 0 Å². The van der Waals surface area contributed by atoms with Crippen molar-refractivity contribution in [3.8, 4) is 5.75 Å². The van der Waals surface area contributed by atoms with Crippen LogP contribution in [0.3, 0.4) is 0 Å². The first-order chi connectivity index (χ1) is 6.52. The summed E-state index contributed by atoms with van der Waals surface area (Å²) in [5, 5.41) is 0.298. The van der Waals surface area contributed by atoms with Gasteiger partial charge in [-0.15, -0.1) is 0 Å². The highest BCUT2D eigenvalue weighted by Crippen LogP contribution is 2.32. The van der Waals surface area contributed by atoms with Gasteiger partial charge >= 0.3 is 0 Å². The summed E-state index contributed by atoms with van der Waals surface area (Å²) in [6.07, 6.45) is 0. The van der Waals surface area contributed by atoms with Gasteiger partial charge in [-0.2, -0.15) is 0 Å². The first kappa shape index (κ1) is 11.8. The molecule has 0 aliphatic rings. The molecule has 0 fully saturated rings. The second-order valence-corrected chi connectivity index (χ2v) is 4.64. The Morgan fingerprint density at radius 3 is 2.71 bits per heavy atom. The molecule has 0 spiro atoms. The minimum absolute atomic E-state index is 0.120. The lowest BCUT2D eigenvalue weighted by atomic mass is 10.2. The second kappa shape index (κ2) is 4.99. The van der Waals surface area contributed by atoms with Gasteiger partial charge in [0.1, 0.15) is 0 Å². The molecule has 0 aromatic heterocycles. The Labute approximate surface area is 96.3 Å². The van der Waals surface area contributed by atoms with E-state index in [1.165, 1.54) is 0 Å². The zero-order chi connectivity index (χ0) is 10.7. The number of benzene rings is 1. The van der Waals surface area contributed by atoms with E-state index in [0.717, 1.165) is 0 Å². The summed E-state index contributed by atoms with van der Waals surface area (Å²) in [7, 11) is 0. The van der Waals surface area contributed by atoms with Gasteiger partial charge in [-0.05, 0) is 34.0 Å². The van der Waals surface area contributed by atoms with Crippen molar-refractivity contribution < 1.29 is 9.13 Å². The van der Waals surface area contributed by atoms with Gasteiger partial charge in [-0.3, -0.25) is 0 Å². The molecule has 0 heterocycles. The molecule has 1 aromatic rings. The average Bonchev–Trinajstić information content (AvgIpc) is 2.11. The summed E-state index contributed by atoms with van der Waals surface area (Å²) < 4.78 is 19.1. The predicted molar refractivity (Wildman–Crippen MR) is 59.4 cm³/mol. The topological polar surface area (TPSA) is 9.23 Å². The summed E-state index contributed by atoms with van der Waals surface area (Å²) in [4.78, 5) is 0. The van der Waals surface area contributed by atoms with Crippen LogP contribution < -0.4 is 4.74 Å². The van der Waals surface area contributed by atoms with Gasteiger partial charge in [0.15, 0.2) is 11.6 Å². The van der Waals surface area contributed by atoms with E-state index in [4.69, 9.17) is 16.3 Å². The lowest BCUT2D eigenvalue weighted by molar-refractivity contribution is 0.259. The van der Waals surface area contributed by atoms with Crippen LogP contribution in [0.1, 0.15) is 13.8 Å². The number of ether oxygens (including phenoxy) is 1. The summed E-state index contributed by atoms with van der Waals surface area (Å²) in [6, 6.07) is 3.16. The van der Waals surface area contributed by atoms with E-state index in [0.29, 0.717) is 22.0 Å². The molecule has 78 valence electrons. The Kier molecular flexibility index (Phi) is 4.20. The summed E-state index contributed by atoms with van der Waals surface area (Å²) >= 11 is 8.87. The van der Waals surface area contributed by atoms with Crippen LogP contribution in [-0.2, 0) is 0 Å². The van der Waals surface area contributed by atoms with Crippen molar-refractivity contribution in [2.24, 2.45) is 5.92 Å². The van der Waals surface area contributed by atoms with Crippen LogP contribution in [-0.4, -0.2) is 6.61 Å². The third-order valence-corrected chi connectivity index (χ3v) is 2.47. The van der Waals surface area contributed by atoms with Gasteiger partial charge in [0.2, 0.25) is 0 Å². The molecule has 0 saturated carbocycles. The van der Waals surface area contributed by atoms with Gasteiger partial charge in [0.25, 0.3) is 0 Å². The van der Waals surface area contributed by atoms with E-state index < -0.39 is 5.82 Å². The molecule has 0 saturated heterocycles. The van der Waals surface area contributed by atoms with Crippen LogP contribution in [0.5, 0.6) is 5.75 Å². The van der Waals surface area contributed by atoms with Crippen molar-refractivity contribution in [1.82, 2.24) is 0 Å². The maximum atomic E-state index is 13.5. The number of hydrogen-bond donors (Lipinski definition) is 0. The van der Waals surface area contributed by atoms with Gasteiger partial charge < -0.3 is 4.74 Å². The molecular formula is C10H11BrClFO. The van der Waals surface area contributed by atoms with E-state index >= 15 is 0 Å². The highest BCUT2D eigenvalue weighted by Gasteiger charge is 2.12. The van der Waals surface area contributed by atoms with E-state index in [2.05, 4.69) is 15.9 Å². The van der Waals surface area contributed by atoms with Crippen LogP contribution in [0, 0.1) is 11.7 Å². The Morgan fingerprint density at radius 1 is 1.50 bits per heavy atom. The molecule has 0 N–H and O–H groups in total. The molecule has 4 heteroatoms. The molecule has 1 nitrogen and oxygen atoms in total. The van der Waals surface area contributed by atoms with E-state index in [1.807, 2.05) is 13.8 Å². The lowest BCUT2D eigenvalue weighted by Gasteiger charge is -2.11. The van der Waals surface area contributed by atoms with E-state index in [-0.39, 0.29) is 5.75 Å². The quantitative estimate of drug-likeness (QED) is 0.752. The Morgan fingerprint density at radius 2 is 2.14 bits per heavy atom. The van der Waals surface area contributed by atoms with E-state index in [1.54, 1.807) is 12.1 Å². The van der Waals surface area contributed by atoms with Crippen molar-refractivity contribution in [3.63, 3.8) is 0 Å². The average molecular weight is 282 g/mol. The molecule has 14 heavy (non-hydrogen) atoms. The molecule has 0 atom stereocenters. The third kappa shape index (κ3) is 2.85. The summed E-state index contributed by atoms with van der Waals surface area (Å²) in [6.45, 7) is 4.43. The van der Waals surface area contributed by atoms with Crippen LogP contribution in [0.4, 0.5) is 4.39 Å². The number of rotatable bonds is 3. The molecule has 0 unspecified atom stereocenters. The minimum atomic E-state index is -0.446. The largest absolute Gasteiger partial charge is 0.489 e. The fourth-order valence-electron chi connectivity index (χ4n) is 0.891. The molecule has 0 bridgehead atoms. The Hall–Kier alpha value is -0.280. The first-order valence-corrected chi connectivity index (χ1v) is 5.45. The fourth-order valence-corrected chi connectivity index (χ4v) is 1.40. The van der Waals surface area contributed by atoms with Crippen molar-refractivity contribution in [3.05, 3.63) is 27.4 Å². The van der Waals surface area contributed by atoms with Crippen LogP contribution in [0.25, 0.3) is 0 Å². The first-order valence-electron chi connectivity index (χ1n) is 4.28. The third-order valence-electron chi connectivity index (χ3n) is 1.56. The minimum Gasteiger partial charge on any atom is -0.489 e. The molecule has 0 amide bonds. The van der Waals surface area contributed by atoms with Crippen LogP contribution >= 0.6 is 27.5 Å². The summed E-state index contributed by atoms with van der Waals surface area (Å²) in [5.41, 5.74) is 0. The lowest BCUT2D eigenvalue weighted by Crippen LogP contribution is -2.06. The monoisotopic (exact) mass is 280 g/mol. The highest BCUT2D eigenvalue weighted by molar-refractivity contribution is 9.10. The van der Waals surface area contributed by atoms with Crippen molar-refractivity contribution in [2.45, 2.75) is 13.8 Å². The molecule has 1 rings (SSSR count). The smallest absolute Gasteiger partial charge is 0.180 e. The number of halogens is 3. The number of hydrogen-bond acceptors (Lipinski definition) is 1. The SMILES string of the molecule is CC(C)COc1c(Cl)ccc(Br)c1F. The second-order valence-electron chi connectivity index (χ2n) is 3.38. The molecular weight excluding hydrogens is 270 g/mol. The zero-order valence-corrected chi connectivity index (χ0v) is 10.3. The van der Waals surface area contributed by atoms with Gasteiger partial charge in [-0.1, -0.05) is 25.4 Å². The normalized spacial score (nSPS) is 10.7. The molecule has 0 radical (unpaired) electrons. The predicted octanol–water partition coefficient (Wildman–Crippen LogP) is 4.28. The summed E-state index contributed by atoms with van der Waals surface area (Å²) in [5.74, 6) is 0.0114. The standard InChI is InChI=1S/C10H11BrClFO/c1-6(2)5-14-10-8(12)4-3-7(11)9(10)13/h3-4,6H,5H2,1-2H3. The molecule has 0 aliphatic carbocycles. The van der Waals surface area contributed by atoms with Crippen molar-refractivity contribution in [1.29, 1.82) is 0 Å². The van der Waals surface area contributed by atoms with Crippen molar-refractivity contribution in [2.75, 3.05) is 6.61 Å². The fraction of sp³-hybridized carbons (Fsp3) is 0.400. The van der Waals surface area contributed by atoms with Crippen molar-refractivity contribution >= 4 is 27.5 Å². The van der Waals surface area contributed by atoms with Crippen LogP contribution in [0.2, 0.25) is 5.02 Å². The Bertz CT molecular complexity index is 328. The van der Waals surface area contributed by atoms with Crippen LogP contribution in [0.15, 0.2) is 16.6 Å². The maximum Gasteiger partial charge on any atom is 0.180 e. The van der Waals surface area contributed by atoms with E-state index in [9.17, 15) is 4.39 Å². The van der Waals surface area contributed by atoms with Gasteiger partial charge in [0.05, 0.1) is 16.1 Å². The Balaban J connectivity index is 2.89. The van der Waals surface area contributed by atoms with Gasteiger partial charge in [-0.25, -0.2) is 4.39 Å². The highest BCUT2D eigenvalue weighted by atomic mass is 79.9.